The number of rotatable bonds is 9. The predicted molar refractivity (Wildman–Crippen MR) is 142 cm³/mol. The van der Waals surface area contributed by atoms with Crippen LogP contribution in [-0.4, -0.2) is 27.3 Å². The zero-order chi connectivity index (χ0) is 23.9. The highest BCUT2D eigenvalue weighted by Crippen LogP contribution is 2.31. The Hall–Kier alpha value is -3.92. The molecule has 0 N–H and O–H groups in total. The molecule has 0 fully saturated rings. The van der Waals surface area contributed by atoms with Gasteiger partial charge in [-0.3, -0.25) is 0 Å². The fraction of sp³-hybridized carbons (Fsp3) is 0.200. The zero-order valence-electron chi connectivity index (χ0n) is 20.4. The molecule has 34 heavy (non-hydrogen) atoms. The second kappa shape index (κ2) is 10.8. The summed E-state index contributed by atoms with van der Waals surface area (Å²) in [6.45, 7) is 5.84. The minimum absolute atomic E-state index is 0.792. The molecule has 4 aromatic rings. The normalized spacial score (nSPS) is 10.6. The molecule has 0 aromatic heterocycles. The molecule has 0 amide bonds. The lowest BCUT2D eigenvalue weighted by molar-refractivity contribution is 0.415. The molecule has 0 bridgehead atoms. The summed E-state index contributed by atoms with van der Waals surface area (Å²) >= 11 is 0. The van der Waals surface area contributed by atoms with Crippen LogP contribution in [0.25, 0.3) is 0 Å². The fourth-order valence-electron chi connectivity index (χ4n) is 3.99. The monoisotopic (exact) mass is 452 g/mol. The van der Waals surface area contributed by atoms with Crippen molar-refractivity contribution in [3.8, 4) is 11.5 Å². The summed E-state index contributed by atoms with van der Waals surface area (Å²) < 4.78 is 10.7. The molecule has 0 heterocycles. The molecule has 174 valence electrons. The average Bonchev–Trinajstić information content (AvgIpc) is 2.88. The molecule has 0 spiro atoms. The van der Waals surface area contributed by atoms with Crippen molar-refractivity contribution in [3.63, 3.8) is 0 Å². The Kier molecular flexibility index (Phi) is 7.38. The van der Waals surface area contributed by atoms with Crippen molar-refractivity contribution >= 4 is 22.7 Å². The first-order valence-corrected chi connectivity index (χ1v) is 11.5. The van der Waals surface area contributed by atoms with Crippen LogP contribution in [0.1, 0.15) is 11.1 Å². The number of methoxy groups -OCH3 is 2. The van der Waals surface area contributed by atoms with Gasteiger partial charge in [-0.25, -0.2) is 0 Å². The van der Waals surface area contributed by atoms with Crippen LogP contribution in [0.2, 0.25) is 0 Å². The van der Waals surface area contributed by atoms with Crippen LogP contribution in [0.3, 0.4) is 0 Å². The van der Waals surface area contributed by atoms with Gasteiger partial charge in [0.05, 0.1) is 14.2 Å². The summed E-state index contributed by atoms with van der Waals surface area (Å²) in [6, 6.07) is 33.9. The van der Waals surface area contributed by atoms with E-state index in [0.29, 0.717) is 0 Å². The van der Waals surface area contributed by atoms with Crippen LogP contribution in [0.15, 0.2) is 97.1 Å². The molecule has 0 aliphatic carbocycles. The molecule has 0 radical (unpaired) electrons. The number of benzene rings is 4. The smallest absolute Gasteiger partial charge is 0.119 e. The Bertz CT molecular complexity index is 1080. The second-order valence-electron chi connectivity index (χ2n) is 8.37. The van der Waals surface area contributed by atoms with Crippen LogP contribution < -0.4 is 19.3 Å². The van der Waals surface area contributed by atoms with Crippen LogP contribution in [0.4, 0.5) is 22.7 Å². The van der Waals surface area contributed by atoms with Gasteiger partial charge in [-0.1, -0.05) is 35.4 Å². The van der Waals surface area contributed by atoms with Crippen LogP contribution in [0, 0.1) is 13.8 Å². The molecular weight excluding hydrogens is 420 g/mol. The Balaban J connectivity index is 1.67. The molecule has 0 saturated carbocycles. The van der Waals surface area contributed by atoms with Crippen molar-refractivity contribution in [2.75, 3.05) is 37.1 Å². The van der Waals surface area contributed by atoms with Crippen molar-refractivity contribution in [1.82, 2.24) is 0 Å². The maximum atomic E-state index is 5.37. The van der Waals surface area contributed by atoms with Crippen molar-refractivity contribution < 1.29 is 9.47 Å². The van der Waals surface area contributed by atoms with Gasteiger partial charge in [0.15, 0.2) is 0 Å². The molecule has 0 aliphatic rings. The third-order valence-corrected chi connectivity index (χ3v) is 6.01. The van der Waals surface area contributed by atoms with Gasteiger partial charge in [-0.2, -0.15) is 0 Å². The topological polar surface area (TPSA) is 24.9 Å². The summed E-state index contributed by atoms with van der Waals surface area (Å²) in [6.07, 6.45) is 0. The Labute approximate surface area is 203 Å². The number of nitrogens with zero attached hydrogens (tertiary/aromatic N) is 2. The van der Waals surface area contributed by atoms with Crippen LogP contribution >= 0.6 is 0 Å². The summed E-state index contributed by atoms with van der Waals surface area (Å²) in [7, 11) is 3.38. The van der Waals surface area contributed by atoms with E-state index in [1.165, 1.54) is 22.5 Å². The summed E-state index contributed by atoms with van der Waals surface area (Å²) in [5, 5.41) is 0. The number of hydrogen-bond acceptors (Lipinski definition) is 4. The first-order chi connectivity index (χ1) is 16.6. The molecule has 0 aliphatic heterocycles. The molecule has 4 heteroatoms. The zero-order valence-corrected chi connectivity index (χ0v) is 20.4. The van der Waals surface area contributed by atoms with E-state index in [2.05, 4.69) is 96.4 Å². The number of ether oxygens (including phenoxy) is 2. The van der Waals surface area contributed by atoms with E-state index in [1.807, 2.05) is 24.3 Å². The maximum absolute atomic E-state index is 5.37. The standard InChI is InChI=1S/C30H32N2O2/c1-23-5-9-25(10-6-23)31(26-11-7-24(2)8-12-26)21-22-32(27-13-17-29(33-3)18-14-27)28-15-19-30(34-4)20-16-28/h5-20H,21-22H2,1-4H3. The number of aryl methyl sites for hydroxylation is 2. The van der Waals surface area contributed by atoms with Gasteiger partial charge < -0.3 is 19.3 Å². The third kappa shape index (κ3) is 5.52. The van der Waals surface area contributed by atoms with Gasteiger partial charge >= 0.3 is 0 Å². The lowest BCUT2D eigenvalue weighted by Crippen LogP contribution is -2.30. The van der Waals surface area contributed by atoms with Crippen molar-refractivity contribution in [2.45, 2.75) is 13.8 Å². The highest BCUT2D eigenvalue weighted by Gasteiger charge is 2.15. The molecular formula is C30H32N2O2. The van der Waals surface area contributed by atoms with Crippen LogP contribution in [0.5, 0.6) is 11.5 Å². The fourth-order valence-corrected chi connectivity index (χ4v) is 3.99. The minimum Gasteiger partial charge on any atom is -0.497 e. The van der Waals surface area contributed by atoms with Crippen LogP contribution in [-0.2, 0) is 0 Å². The van der Waals surface area contributed by atoms with E-state index >= 15 is 0 Å². The van der Waals surface area contributed by atoms with Gasteiger partial charge in [0, 0.05) is 35.8 Å². The van der Waals surface area contributed by atoms with Crippen molar-refractivity contribution in [2.24, 2.45) is 0 Å². The lowest BCUT2D eigenvalue weighted by atomic mass is 10.1. The van der Waals surface area contributed by atoms with E-state index in [9.17, 15) is 0 Å². The van der Waals surface area contributed by atoms with Gasteiger partial charge in [0.2, 0.25) is 0 Å². The predicted octanol–water partition coefficient (Wildman–Crippen LogP) is 7.30. The van der Waals surface area contributed by atoms with Gasteiger partial charge in [-0.15, -0.1) is 0 Å². The van der Waals surface area contributed by atoms with E-state index in [-0.39, 0.29) is 0 Å². The molecule has 0 saturated heterocycles. The number of hydrogen-bond donors (Lipinski definition) is 0. The molecule has 4 nitrogen and oxygen atoms in total. The highest BCUT2D eigenvalue weighted by molar-refractivity contribution is 5.67. The SMILES string of the molecule is COc1ccc(N(CCN(c2ccc(C)cc2)c2ccc(C)cc2)c2ccc(OC)cc2)cc1. The minimum atomic E-state index is 0.792. The Morgan fingerprint density at radius 3 is 0.971 bits per heavy atom. The summed E-state index contributed by atoms with van der Waals surface area (Å²) in [5.41, 5.74) is 7.09. The van der Waals surface area contributed by atoms with E-state index in [0.717, 1.165) is 36.0 Å². The largest absolute Gasteiger partial charge is 0.497 e. The molecule has 0 unspecified atom stereocenters. The van der Waals surface area contributed by atoms with E-state index in [1.54, 1.807) is 14.2 Å². The summed E-state index contributed by atoms with van der Waals surface area (Å²) in [4.78, 5) is 4.70. The van der Waals surface area contributed by atoms with Gasteiger partial charge in [0.25, 0.3) is 0 Å². The highest BCUT2D eigenvalue weighted by atomic mass is 16.5. The summed E-state index contributed by atoms with van der Waals surface area (Å²) in [5.74, 6) is 1.69. The third-order valence-electron chi connectivity index (χ3n) is 6.01. The maximum Gasteiger partial charge on any atom is 0.119 e. The van der Waals surface area contributed by atoms with E-state index < -0.39 is 0 Å². The quantitative estimate of drug-likeness (QED) is 0.266. The Morgan fingerprint density at radius 1 is 0.441 bits per heavy atom. The number of anilines is 4. The first-order valence-electron chi connectivity index (χ1n) is 11.5. The second-order valence-corrected chi connectivity index (χ2v) is 8.37. The van der Waals surface area contributed by atoms with E-state index in [4.69, 9.17) is 9.47 Å². The van der Waals surface area contributed by atoms with Crippen molar-refractivity contribution in [1.29, 1.82) is 0 Å². The Morgan fingerprint density at radius 2 is 0.706 bits per heavy atom. The van der Waals surface area contributed by atoms with Gasteiger partial charge in [0.1, 0.15) is 11.5 Å². The molecule has 4 aromatic carbocycles. The molecule has 0 atom stereocenters. The average molecular weight is 453 g/mol. The van der Waals surface area contributed by atoms with Crippen molar-refractivity contribution in [3.05, 3.63) is 108 Å². The van der Waals surface area contributed by atoms with Gasteiger partial charge in [-0.05, 0) is 86.6 Å². The first kappa shape index (κ1) is 23.2. The molecule has 4 rings (SSSR count). The lowest BCUT2D eigenvalue weighted by Gasteiger charge is -2.31.